The Morgan fingerprint density at radius 1 is 1.55 bits per heavy atom. The largest absolute Gasteiger partial charge is 0.369 e. The van der Waals surface area contributed by atoms with Gasteiger partial charge in [-0.1, -0.05) is 20.8 Å². The van der Waals surface area contributed by atoms with Crippen molar-refractivity contribution in [2.75, 3.05) is 0 Å². The lowest BCUT2D eigenvalue weighted by Gasteiger charge is -2.23. The minimum atomic E-state index is -0.463. The molecule has 11 heavy (non-hydrogen) atoms. The second-order valence-electron chi connectivity index (χ2n) is 3.62. The molecule has 0 rings (SSSR count). The van der Waals surface area contributed by atoms with Gasteiger partial charge in [-0.15, -0.1) is 0 Å². The Labute approximate surface area is 68.1 Å². The summed E-state index contributed by atoms with van der Waals surface area (Å²) in [7, 11) is 0. The average molecular weight is 158 g/mol. The fraction of sp³-hybridized carbons (Fsp3) is 0.875. The molecule has 0 aromatic heterocycles. The highest BCUT2D eigenvalue weighted by Crippen LogP contribution is 2.21. The fourth-order valence-electron chi connectivity index (χ4n) is 0.900. The molecule has 0 aliphatic heterocycles. The van der Waals surface area contributed by atoms with Crippen LogP contribution in [-0.2, 0) is 4.79 Å². The summed E-state index contributed by atoms with van der Waals surface area (Å²) in [6, 6.07) is 0.0810. The number of primary amides is 1. The van der Waals surface area contributed by atoms with Crippen molar-refractivity contribution in [3.8, 4) is 0 Å². The first-order chi connectivity index (χ1) is 4.90. The molecule has 0 aromatic rings. The molecule has 0 heterocycles. The van der Waals surface area contributed by atoms with Gasteiger partial charge in [-0.05, 0) is 12.8 Å². The molecule has 0 aromatic carbocycles. The first-order valence-electron chi connectivity index (χ1n) is 3.95. The van der Waals surface area contributed by atoms with Crippen LogP contribution in [-0.4, -0.2) is 11.9 Å². The van der Waals surface area contributed by atoms with Crippen molar-refractivity contribution in [1.29, 1.82) is 0 Å². The van der Waals surface area contributed by atoms with Gasteiger partial charge in [0.05, 0.1) is 0 Å². The van der Waals surface area contributed by atoms with E-state index in [-0.39, 0.29) is 11.9 Å². The Morgan fingerprint density at radius 3 is 2.27 bits per heavy atom. The van der Waals surface area contributed by atoms with Crippen LogP contribution >= 0.6 is 0 Å². The zero-order chi connectivity index (χ0) is 9.07. The molecule has 0 radical (unpaired) electrons. The lowest BCUT2D eigenvalue weighted by Crippen LogP contribution is -2.37. The molecular weight excluding hydrogens is 140 g/mol. The molecule has 66 valence electrons. The number of hydrogen-bond acceptors (Lipinski definition) is 2. The van der Waals surface area contributed by atoms with E-state index in [1.807, 2.05) is 20.8 Å². The van der Waals surface area contributed by atoms with E-state index < -0.39 is 5.41 Å². The lowest BCUT2D eigenvalue weighted by atomic mass is 9.84. The van der Waals surface area contributed by atoms with E-state index in [9.17, 15) is 4.79 Å². The third kappa shape index (κ3) is 3.37. The summed E-state index contributed by atoms with van der Waals surface area (Å²) in [5.74, 6) is -0.276. The number of rotatable bonds is 4. The Bertz CT molecular complexity index is 143. The third-order valence-corrected chi connectivity index (χ3v) is 1.96. The molecule has 0 aliphatic rings. The molecule has 1 unspecified atom stereocenters. The maximum Gasteiger partial charge on any atom is 0.223 e. The van der Waals surface area contributed by atoms with E-state index >= 15 is 0 Å². The van der Waals surface area contributed by atoms with Crippen LogP contribution in [0.25, 0.3) is 0 Å². The lowest BCUT2D eigenvalue weighted by molar-refractivity contribution is -0.126. The number of carbonyl (C=O) groups is 1. The maximum atomic E-state index is 10.8. The second kappa shape index (κ2) is 3.72. The fourth-order valence-corrected chi connectivity index (χ4v) is 0.900. The third-order valence-electron chi connectivity index (χ3n) is 1.96. The Kier molecular flexibility index (Phi) is 3.52. The molecule has 1 atom stereocenters. The summed E-state index contributed by atoms with van der Waals surface area (Å²) in [6.45, 7) is 5.65. The first kappa shape index (κ1) is 10.4. The van der Waals surface area contributed by atoms with E-state index in [4.69, 9.17) is 11.5 Å². The van der Waals surface area contributed by atoms with E-state index in [2.05, 4.69) is 0 Å². The van der Waals surface area contributed by atoms with Crippen LogP contribution in [0, 0.1) is 5.41 Å². The van der Waals surface area contributed by atoms with Crippen LogP contribution in [0.2, 0.25) is 0 Å². The molecule has 0 spiro atoms. The molecule has 0 saturated heterocycles. The predicted molar refractivity (Wildman–Crippen MR) is 45.9 cm³/mol. The van der Waals surface area contributed by atoms with Gasteiger partial charge < -0.3 is 11.5 Å². The summed E-state index contributed by atoms with van der Waals surface area (Å²) >= 11 is 0. The standard InChI is InChI=1S/C8H18N2O/c1-4-6(9)5-8(2,3)7(10)11/h6H,4-5,9H2,1-3H3,(H2,10,11). The zero-order valence-electron chi connectivity index (χ0n) is 7.55. The van der Waals surface area contributed by atoms with Crippen LogP contribution in [0.15, 0.2) is 0 Å². The van der Waals surface area contributed by atoms with Gasteiger partial charge in [-0.3, -0.25) is 4.79 Å². The smallest absolute Gasteiger partial charge is 0.223 e. The van der Waals surface area contributed by atoms with Crippen LogP contribution in [0.1, 0.15) is 33.6 Å². The summed E-state index contributed by atoms with van der Waals surface area (Å²) in [5.41, 5.74) is 10.4. The van der Waals surface area contributed by atoms with E-state index in [1.54, 1.807) is 0 Å². The minimum Gasteiger partial charge on any atom is -0.369 e. The minimum absolute atomic E-state index is 0.0810. The van der Waals surface area contributed by atoms with Crippen LogP contribution in [0.5, 0.6) is 0 Å². The maximum absolute atomic E-state index is 10.8. The Hall–Kier alpha value is -0.570. The van der Waals surface area contributed by atoms with Crippen LogP contribution in [0.3, 0.4) is 0 Å². The van der Waals surface area contributed by atoms with E-state index in [1.165, 1.54) is 0 Å². The summed E-state index contributed by atoms with van der Waals surface area (Å²) in [5, 5.41) is 0. The average Bonchev–Trinajstić information content (AvgIpc) is 1.86. The molecule has 3 heteroatoms. The van der Waals surface area contributed by atoms with E-state index in [0.29, 0.717) is 6.42 Å². The summed E-state index contributed by atoms with van der Waals surface area (Å²) in [4.78, 5) is 10.8. The van der Waals surface area contributed by atoms with Gasteiger partial charge in [0, 0.05) is 11.5 Å². The summed E-state index contributed by atoms with van der Waals surface area (Å²) in [6.07, 6.45) is 1.55. The first-order valence-corrected chi connectivity index (χ1v) is 3.95. The highest BCUT2D eigenvalue weighted by atomic mass is 16.1. The molecule has 4 N–H and O–H groups in total. The summed E-state index contributed by atoms with van der Waals surface area (Å²) < 4.78 is 0. The van der Waals surface area contributed by atoms with Crippen molar-refractivity contribution in [1.82, 2.24) is 0 Å². The molecule has 0 fully saturated rings. The predicted octanol–water partition coefficient (Wildman–Crippen LogP) is 0.625. The molecule has 1 amide bonds. The van der Waals surface area contributed by atoms with Gasteiger partial charge in [0.1, 0.15) is 0 Å². The van der Waals surface area contributed by atoms with Gasteiger partial charge in [-0.2, -0.15) is 0 Å². The Morgan fingerprint density at radius 2 is 2.00 bits per heavy atom. The quantitative estimate of drug-likeness (QED) is 0.630. The monoisotopic (exact) mass is 158 g/mol. The molecular formula is C8H18N2O. The van der Waals surface area contributed by atoms with Crippen LogP contribution in [0.4, 0.5) is 0 Å². The molecule has 0 bridgehead atoms. The number of carbonyl (C=O) groups excluding carboxylic acids is 1. The van der Waals surface area contributed by atoms with Crippen molar-refractivity contribution in [3.05, 3.63) is 0 Å². The number of nitrogens with two attached hydrogens (primary N) is 2. The van der Waals surface area contributed by atoms with Gasteiger partial charge >= 0.3 is 0 Å². The highest BCUT2D eigenvalue weighted by molar-refractivity contribution is 5.79. The number of amides is 1. The van der Waals surface area contributed by atoms with Gasteiger partial charge in [0.15, 0.2) is 0 Å². The zero-order valence-corrected chi connectivity index (χ0v) is 7.55. The highest BCUT2D eigenvalue weighted by Gasteiger charge is 2.26. The molecule has 3 nitrogen and oxygen atoms in total. The Balaban J connectivity index is 4.01. The molecule has 0 saturated carbocycles. The van der Waals surface area contributed by atoms with Crippen LogP contribution < -0.4 is 11.5 Å². The van der Waals surface area contributed by atoms with Gasteiger partial charge in [0.25, 0.3) is 0 Å². The number of hydrogen-bond donors (Lipinski definition) is 2. The SMILES string of the molecule is CCC(N)CC(C)(C)C(N)=O. The van der Waals surface area contributed by atoms with Crippen molar-refractivity contribution < 1.29 is 4.79 Å². The van der Waals surface area contributed by atoms with Crippen molar-refractivity contribution in [3.63, 3.8) is 0 Å². The van der Waals surface area contributed by atoms with Crippen molar-refractivity contribution >= 4 is 5.91 Å². The normalized spacial score (nSPS) is 14.5. The van der Waals surface area contributed by atoms with Gasteiger partial charge in [-0.25, -0.2) is 0 Å². The van der Waals surface area contributed by atoms with E-state index in [0.717, 1.165) is 6.42 Å². The molecule has 0 aliphatic carbocycles. The van der Waals surface area contributed by atoms with Gasteiger partial charge in [0.2, 0.25) is 5.91 Å². The van der Waals surface area contributed by atoms with Crippen molar-refractivity contribution in [2.45, 2.75) is 39.7 Å². The van der Waals surface area contributed by atoms with Crippen molar-refractivity contribution in [2.24, 2.45) is 16.9 Å². The second-order valence-corrected chi connectivity index (χ2v) is 3.62. The topological polar surface area (TPSA) is 69.1 Å².